The molecule has 0 aliphatic heterocycles. The first-order valence-corrected chi connectivity index (χ1v) is 12.0. The summed E-state index contributed by atoms with van der Waals surface area (Å²) in [5.41, 5.74) is -0.758. The summed E-state index contributed by atoms with van der Waals surface area (Å²) in [6.07, 6.45) is -0.110. The Morgan fingerprint density at radius 2 is 1.81 bits per heavy atom. The van der Waals surface area contributed by atoms with E-state index in [2.05, 4.69) is 4.98 Å². The Bertz CT molecular complexity index is 1380. The highest BCUT2D eigenvalue weighted by atomic mass is 35.5. The van der Waals surface area contributed by atoms with Crippen LogP contribution < -0.4 is 5.56 Å². The summed E-state index contributed by atoms with van der Waals surface area (Å²) in [6.45, 7) is 6.85. The fourth-order valence-corrected chi connectivity index (χ4v) is 4.65. The van der Waals surface area contributed by atoms with Crippen molar-refractivity contribution in [3.05, 3.63) is 63.7 Å². The summed E-state index contributed by atoms with van der Waals surface area (Å²) < 4.78 is 25.4. The first kappa shape index (κ1) is 23.7. The van der Waals surface area contributed by atoms with E-state index in [1.807, 2.05) is 0 Å². The van der Waals surface area contributed by atoms with Gasteiger partial charge in [-0.1, -0.05) is 23.7 Å². The van der Waals surface area contributed by atoms with Crippen LogP contribution in [0.4, 0.5) is 4.79 Å². The number of hydrogen-bond donors (Lipinski definition) is 1. The van der Waals surface area contributed by atoms with E-state index in [-0.39, 0.29) is 26.8 Å². The minimum atomic E-state index is -3.55. The smallest absolute Gasteiger partial charge is 0.408 e. The highest BCUT2D eigenvalue weighted by Gasteiger charge is 2.34. The number of rotatable bonds is 4. The molecule has 10 heteroatoms. The summed E-state index contributed by atoms with van der Waals surface area (Å²) in [4.78, 5) is 31.5. The fraction of sp³-hybridized carbons (Fsp3) is 0.318. The number of amides is 1. The molecule has 2 aromatic carbocycles. The number of benzene rings is 2. The van der Waals surface area contributed by atoms with Crippen molar-refractivity contribution in [1.29, 1.82) is 0 Å². The molecule has 1 atom stereocenters. The monoisotopic (exact) mass is 477 g/mol. The molecule has 8 nitrogen and oxygen atoms in total. The first-order valence-electron chi connectivity index (χ1n) is 9.77. The number of sulfone groups is 1. The van der Waals surface area contributed by atoms with Crippen molar-refractivity contribution < 1.29 is 18.3 Å². The maximum Gasteiger partial charge on any atom is 0.408 e. The minimum absolute atomic E-state index is 0.0191. The first-order chi connectivity index (χ1) is 14.7. The zero-order valence-electron chi connectivity index (χ0n) is 18.3. The van der Waals surface area contributed by atoms with E-state index in [1.54, 1.807) is 52.0 Å². The van der Waals surface area contributed by atoms with Gasteiger partial charge in [0, 0.05) is 11.8 Å². The third kappa shape index (κ3) is 4.35. The summed E-state index contributed by atoms with van der Waals surface area (Å²) in [7, 11) is -3.55. The molecule has 1 amide bonds. The molecule has 0 spiro atoms. The lowest BCUT2D eigenvalue weighted by atomic mass is 10.0. The van der Waals surface area contributed by atoms with Gasteiger partial charge in [-0.25, -0.2) is 18.2 Å². The van der Waals surface area contributed by atoms with E-state index in [0.717, 1.165) is 6.26 Å². The van der Waals surface area contributed by atoms with Crippen LogP contribution in [-0.2, 0) is 9.84 Å². The molecule has 3 aromatic rings. The second-order valence-electron chi connectivity index (χ2n) is 8.51. The third-order valence-electron chi connectivity index (χ3n) is 5.07. The second-order valence-corrected chi connectivity index (χ2v) is 10.9. The molecule has 1 aromatic heterocycles. The predicted octanol–water partition coefficient (Wildman–Crippen LogP) is 4.28. The van der Waals surface area contributed by atoms with Crippen molar-refractivity contribution in [2.24, 2.45) is 0 Å². The predicted molar refractivity (Wildman–Crippen MR) is 123 cm³/mol. The van der Waals surface area contributed by atoms with Crippen molar-refractivity contribution >= 4 is 38.4 Å². The second kappa shape index (κ2) is 8.22. The average Bonchev–Trinajstić information content (AvgIpc) is 2.65. The number of halogens is 1. The fourth-order valence-electron chi connectivity index (χ4n) is 3.74. The van der Waals surface area contributed by atoms with Crippen molar-refractivity contribution in [3.8, 4) is 5.69 Å². The molecule has 3 rings (SSSR count). The molecule has 0 fully saturated rings. The quantitative estimate of drug-likeness (QED) is 0.600. The van der Waals surface area contributed by atoms with E-state index in [4.69, 9.17) is 11.6 Å². The highest BCUT2D eigenvalue weighted by molar-refractivity contribution is 7.90. The molecule has 0 aliphatic rings. The SMILES string of the molecule is C[C@@H](c1nc2cccc(Cl)c2c(=O)n1-c1cccc(S(C)(=O)=O)c1)N(C(=O)O)C(C)(C)C. The summed E-state index contributed by atoms with van der Waals surface area (Å²) in [5, 5.41) is 10.2. The van der Waals surface area contributed by atoms with Gasteiger partial charge in [0.15, 0.2) is 9.84 Å². The van der Waals surface area contributed by atoms with E-state index in [0.29, 0.717) is 5.52 Å². The highest BCUT2D eigenvalue weighted by Crippen LogP contribution is 2.30. The Labute approximate surface area is 191 Å². The van der Waals surface area contributed by atoms with E-state index < -0.39 is 33.1 Å². The maximum atomic E-state index is 13.6. The van der Waals surface area contributed by atoms with Gasteiger partial charge in [-0.15, -0.1) is 0 Å². The molecule has 0 radical (unpaired) electrons. The molecule has 0 aliphatic carbocycles. The van der Waals surface area contributed by atoms with Crippen molar-refractivity contribution in [1.82, 2.24) is 14.5 Å². The number of aromatic nitrogens is 2. The van der Waals surface area contributed by atoms with Crippen molar-refractivity contribution in [2.45, 2.75) is 44.2 Å². The van der Waals surface area contributed by atoms with Gasteiger partial charge in [0.1, 0.15) is 5.82 Å². The molecule has 0 saturated heterocycles. The Morgan fingerprint density at radius 3 is 2.38 bits per heavy atom. The molecular weight excluding hydrogens is 454 g/mol. The van der Waals surface area contributed by atoms with Gasteiger partial charge in [-0.2, -0.15) is 0 Å². The Kier molecular flexibility index (Phi) is 6.10. The van der Waals surface area contributed by atoms with Crippen LogP contribution in [0.25, 0.3) is 16.6 Å². The van der Waals surface area contributed by atoms with Crippen LogP contribution >= 0.6 is 11.6 Å². The lowest BCUT2D eigenvalue weighted by Gasteiger charge is -2.38. The largest absolute Gasteiger partial charge is 0.465 e. The van der Waals surface area contributed by atoms with Gasteiger partial charge >= 0.3 is 6.09 Å². The molecule has 0 bridgehead atoms. The minimum Gasteiger partial charge on any atom is -0.465 e. The van der Waals surface area contributed by atoms with Crippen LogP contribution in [0.15, 0.2) is 52.2 Å². The summed E-state index contributed by atoms with van der Waals surface area (Å²) >= 11 is 6.29. The van der Waals surface area contributed by atoms with Gasteiger partial charge in [-0.05, 0) is 58.0 Å². The van der Waals surface area contributed by atoms with Crippen LogP contribution in [0.1, 0.15) is 39.6 Å². The number of hydrogen-bond acceptors (Lipinski definition) is 5. The Hall–Kier alpha value is -2.91. The molecule has 1 N–H and O–H groups in total. The molecule has 0 unspecified atom stereocenters. The normalized spacial score (nSPS) is 13.2. The number of carbonyl (C=O) groups is 1. The number of carboxylic acid groups (broad SMARTS) is 1. The zero-order chi connectivity index (χ0) is 24.0. The van der Waals surface area contributed by atoms with Gasteiger partial charge in [-0.3, -0.25) is 14.3 Å². The zero-order valence-corrected chi connectivity index (χ0v) is 19.9. The van der Waals surface area contributed by atoms with Gasteiger partial charge in [0.05, 0.1) is 32.6 Å². The van der Waals surface area contributed by atoms with E-state index in [9.17, 15) is 23.1 Å². The van der Waals surface area contributed by atoms with Gasteiger partial charge in [0.2, 0.25) is 0 Å². The molecule has 32 heavy (non-hydrogen) atoms. The van der Waals surface area contributed by atoms with Crippen LogP contribution in [0.3, 0.4) is 0 Å². The third-order valence-corrected chi connectivity index (χ3v) is 6.49. The molecular formula is C22H24ClN3O5S. The molecule has 170 valence electrons. The van der Waals surface area contributed by atoms with Crippen LogP contribution in [0.2, 0.25) is 5.02 Å². The number of fused-ring (bicyclic) bond motifs is 1. The number of nitrogens with zero attached hydrogens (tertiary/aromatic N) is 3. The molecule has 0 saturated carbocycles. The summed E-state index contributed by atoms with van der Waals surface area (Å²) in [5.74, 6) is 0.146. The van der Waals surface area contributed by atoms with Crippen LogP contribution in [-0.4, -0.2) is 45.9 Å². The van der Waals surface area contributed by atoms with Gasteiger partial charge < -0.3 is 5.11 Å². The Morgan fingerprint density at radius 1 is 1.19 bits per heavy atom. The average molecular weight is 478 g/mol. The van der Waals surface area contributed by atoms with Crippen LogP contribution in [0, 0.1) is 0 Å². The van der Waals surface area contributed by atoms with Gasteiger partial charge in [0.25, 0.3) is 5.56 Å². The lowest BCUT2D eigenvalue weighted by molar-refractivity contribution is 0.0719. The standard InChI is InChI=1S/C22H24ClN3O5S/c1-13(26(21(28)29)22(2,3)4)19-24-17-11-7-10-16(23)18(17)20(27)25(19)14-8-6-9-15(12-14)32(5,30)31/h6-13H,1-5H3,(H,28,29)/t13-/m0/s1. The Balaban J connectivity index is 2.44. The maximum absolute atomic E-state index is 13.6. The lowest BCUT2D eigenvalue weighted by Crippen LogP contribution is -2.47. The van der Waals surface area contributed by atoms with Crippen LogP contribution in [0.5, 0.6) is 0 Å². The topological polar surface area (TPSA) is 110 Å². The summed E-state index contributed by atoms with van der Waals surface area (Å²) in [6, 6.07) is 9.86. The van der Waals surface area contributed by atoms with Crippen molar-refractivity contribution in [2.75, 3.05) is 6.26 Å². The van der Waals surface area contributed by atoms with E-state index >= 15 is 0 Å². The molecule has 1 heterocycles. The van der Waals surface area contributed by atoms with Crippen molar-refractivity contribution in [3.63, 3.8) is 0 Å². The van der Waals surface area contributed by atoms with E-state index in [1.165, 1.54) is 27.7 Å².